The molecule has 1 amide bonds. The molecule has 8 heteroatoms. The first-order valence-electron chi connectivity index (χ1n) is 7.71. The van der Waals surface area contributed by atoms with Crippen LogP contribution in [0.5, 0.6) is 0 Å². The molecule has 0 aliphatic rings. The van der Waals surface area contributed by atoms with Gasteiger partial charge in [-0.2, -0.15) is 5.10 Å². The molecule has 1 aromatic heterocycles. The second-order valence-corrected chi connectivity index (χ2v) is 5.46. The SMILES string of the molecule is C[C@@H](OC(=O)c1n[nH]c(=O)c2ccccc12)C(=O)Nc1ccccc1F. The van der Waals surface area contributed by atoms with E-state index in [0.717, 1.165) is 0 Å². The van der Waals surface area contributed by atoms with Gasteiger partial charge in [0.05, 0.1) is 11.1 Å². The van der Waals surface area contributed by atoms with Crippen LogP contribution in [0.25, 0.3) is 10.8 Å². The van der Waals surface area contributed by atoms with Crippen molar-refractivity contribution in [1.29, 1.82) is 0 Å². The first-order valence-corrected chi connectivity index (χ1v) is 7.71. The number of para-hydroxylation sites is 1. The average Bonchev–Trinajstić information content (AvgIpc) is 2.64. The summed E-state index contributed by atoms with van der Waals surface area (Å²) >= 11 is 0. The predicted molar refractivity (Wildman–Crippen MR) is 92.3 cm³/mol. The van der Waals surface area contributed by atoms with Crippen molar-refractivity contribution in [2.45, 2.75) is 13.0 Å². The normalized spacial score (nSPS) is 11.8. The topological polar surface area (TPSA) is 101 Å². The van der Waals surface area contributed by atoms with Crippen molar-refractivity contribution in [1.82, 2.24) is 10.2 Å². The van der Waals surface area contributed by atoms with Crippen LogP contribution in [0.1, 0.15) is 17.4 Å². The second-order valence-electron chi connectivity index (χ2n) is 5.46. The molecule has 132 valence electrons. The summed E-state index contributed by atoms with van der Waals surface area (Å²) in [5.74, 6) is -2.18. The van der Waals surface area contributed by atoms with E-state index in [1.54, 1.807) is 30.3 Å². The number of H-pyrrole nitrogens is 1. The smallest absolute Gasteiger partial charge is 0.360 e. The van der Waals surface area contributed by atoms with Crippen molar-refractivity contribution in [2.75, 3.05) is 5.32 Å². The fourth-order valence-corrected chi connectivity index (χ4v) is 2.34. The number of halogens is 1. The van der Waals surface area contributed by atoms with Crippen molar-refractivity contribution in [2.24, 2.45) is 0 Å². The number of rotatable bonds is 4. The van der Waals surface area contributed by atoms with Gasteiger partial charge in [0.25, 0.3) is 11.5 Å². The van der Waals surface area contributed by atoms with Crippen LogP contribution in [0.3, 0.4) is 0 Å². The number of nitrogens with zero attached hydrogens (tertiary/aromatic N) is 1. The third-order valence-corrected chi connectivity index (χ3v) is 3.67. The minimum Gasteiger partial charge on any atom is -0.448 e. The highest BCUT2D eigenvalue weighted by atomic mass is 19.1. The number of fused-ring (bicyclic) bond motifs is 1. The van der Waals surface area contributed by atoms with Gasteiger partial charge < -0.3 is 10.1 Å². The maximum Gasteiger partial charge on any atom is 0.360 e. The summed E-state index contributed by atoms with van der Waals surface area (Å²) in [6.07, 6.45) is -1.20. The first-order chi connectivity index (χ1) is 12.5. The van der Waals surface area contributed by atoms with Crippen molar-refractivity contribution in [3.63, 3.8) is 0 Å². The monoisotopic (exact) mass is 355 g/mol. The summed E-state index contributed by atoms with van der Waals surface area (Å²) < 4.78 is 18.7. The number of anilines is 1. The van der Waals surface area contributed by atoms with Crippen molar-refractivity contribution >= 4 is 28.3 Å². The van der Waals surface area contributed by atoms with Gasteiger partial charge in [0.1, 0.15) is 5.82 Å². The van der Waals surface area contributed by atoms with Crippen molar-refractivity contribution in [3.05, 3.63) is 70.4 Å². The summed E-state index contributed by atoms with van der Waals surface area (Å²) in [7, 11) is 0. The minimum absolute atomic E-state index is 0.0204. The summed E-state index contributed by atoms with van der Waals surface area (Å²) in [5, 5.41) is 8.86. The number of esters is 1. The van der Waals surface area contributed by atoms with E-state index in [9.17, 15) is 18.8 Å². The van der Waals surface area contributed by atoms with Gasteiger partial charge in [0, 0.05) is 5.39 Å². The van der Waals surface area contributed by atoms with Gasteiger partial charge >= 0.3 is 5.97 Å². The van der Waals surface area contributed by atoms with Crippen LogP contribution < -0.4 is 10.9 Å². The zero-order chi connectivity index (χ0) is 18.7. The zero-order valence-corrected chi connectivity index (χ0v) is 13.7. The lowest BCUT2D eigenvalue weighted by molar-refractivity contribution is -0.123. The third kappa shape index (κ3) is 3.44. The molecule has 2 aromatic carbocycles. The lowest BCUT2D eigenvalue weighted by atomic mass is 10.1. The van der Waals surface area contributed by atoms with Crippen molar-refractivity contribution in [3.8, 4) is 0 Å². The maximum absolute atomic E-state index is 13.6. The summed E-state index contributed by atoms with van der Waals surface area (Å²) in [4.78, 5) is 36.2. The molecule has 7 nitrogen and oxygen atoms in total. The van der Waals surface area contributed by atoms with Gasteiger partial charge in [-0.3, -0.25) is 9.59 Å². The molecule has 0 bridgehead atoms. The Labute approximate surface area is 146 Å². The zero-order valence-electron chi connectivity index (χ0n) is 13.7. The molecule has 0 saturated heterocycles. The predicted octanol–water partition coefficient (Wildman–Crippen LogP) is 2.25. The molecule has 0 aliphatic carbocycles. The fourth-order valence-electron chi connectivity index (χ4n) is 2.34. The maximum atomic E-state index is 13.6. The van der Waals surface area contributed by atoms with E-state index >= 15 is 0 Å². The summed E-state index contributed by atoms with van der Waals surface area (Å²) in [5.41, 5.74) is -0.582. The highest BCUT2D eigenvalue weighted by molar-refractivity contribution is 6.03. The van der Waals surface area contributed by atoms with Gasteiger partial charge in [0.15, 0.2) is 11.8 Å². The van der Waals surface area contributed by atoms with Gasteiger partial charge in [-0.1, -0.05) is 30.3 Å². The van der Waals surface area contributed by atoms with E-state index in [4.69, 9.17) is 4.74 Å². The molecule has 0 radical (unpaired) electrons. The molecular weight excluding hydrogens is 341 g/mol. The molecule has 1 atom stereocenters. The van der Waals surface area contributed by atoms with E-state index in [1.807, 2.05) is 0 Å². The second kappa shape index (κ2) is 7.14. The van der Waals surface area contributed by atoms with Gasteiger partial charge in [0.2, 0.25) is 0 Å². The van der Waals surface area contributed by atoms with Gasteiger partial charge in [-0.05, 0) is 25.1 Å². The van der Waals surface area contributed by atoms with Crippen LogP contribution in [-0.2, 0) is 9.53 Å². The summed E-state index contributed by atoms with van der Waals surface area (Å²) in [6, 6.07) is 12.0. The Bertz CT molecular complexity index is 1050. The molecule has 3 rings (SSSR count). The molecule has 0 saturated carbocycles. The van der Waals surface area contributed by atoms with Gasteiger partial charge in [-0.15, -0.1) is 0 Å². The van der Waals surface area contributed by atoms with E-state index in [0.29, 0.717) is 5.39 Å². The lowest BCUT2D eigenvalue weighted by Crippen LogP contribution is -2.31. The van der Waals surface area contributed by atoms with Crippen LogP contribution in [0, 0.1) is 5.82 Å². The number of amides is 1. The summed E-state index contributed by atoms with van der Waals surface area (Å²) in [6.45, 7) is 1.35. The van der Waals surface area contributed by atoms with E-state index in [2.05, 4.69) is 15.5 Å². The van der Waals surface area contributed by atoms with E-state index < -0.39 is 29.4 Å². The number of hydrogen-bond donors (Lipinski definition) is 2. The Morgan fingerprint density at radius 3 is 2.50 bits per heavy atom. The Balaban J connectivity index is 1.78. The number of carbonyl (C=O) groups excluding carboxylic acids is 2. The molecule has 0 fully saturated rings. The average molecular weight is 355 g/mol. The highest BCUT2D eigenvalue weighted by Gasteiger charge is 2.22. The number of aromatic amines is 1. The van der Waals surface area contributed by atoms with E-state index in [1.165, 1.54) is 25.1 Å². The number of hydrogen-bond acceptors (Lipinski definition) is 5. The third-order valence-electron chi connectivity index (χ3n) is 3.67. The van der Waals surface area contributed by atoms with E-state index in [-0.39, 0.29) is 16.8 Å². The molecule has 2 N–H and O–H groups in total. The molecule has 26 heavy (non-hydrogen) atoms. The number of ether oxygens (including phenoxy) is 1. The molecule has 0 spiro atoms. The number of aromatic nitrogens is 2. The van der Waals surface area contributed by atoms with Crippen LogP contribution in [0.2, 0.25) is 0 Å². The number of benzene rings is 2. The van der Waals surface area contributed by atoms with Crippen LogP contribution in [0.4, 0.5) is 10.1 Å². The molecule has 0 unspecified atom stereocenters. The Morgan fingerprint density at radius 2 is 1.77 bits per heavy atom. The van der Waals surface area contributed by atoms with Crippen molar-refractivity contribution < 1.29 is 18.7 Å². The number of nitrogens with one attached hydrogen (secondary N) is 2. The molecule has 0 aliphatic heterocycles. The van der Waals surface area contributed by atoms with Crippen LogP contribution >= 0.6 is 0 Å². The van der Waals surface area contributed by atoms with Crippen LogP contribution in [0.15, 0.2) is 53.3 Å². The Hall–Kier alpha value is -3.55. The van der Waals surface area contributed by atoms with Gasteiger partial charge in [-0.25, -0.2) is 14.3 Å². The first kappa shape index (κ1) is 17.3. The number of carbonyl (C=O) groups is 2. The standard InChI is InChI=1S/C18H14FN3O4/c1-10(16(23)20-14-9-5-4-8-13(14)19)26-18(25)15-11-6-2-3-7-12(11)17(24)22-21-15/h2-10H,1H3,(H,20,23)(H,22,24)/t10-/m1/s1. The fraction of sp³-hybridized carbons (Fsp3) is 0.111. The minimum atomic E-state index is -1.20. The quantitative estimate of drug-likeness (QED) is 0.699. The molecule has 1 heterocycles. The molecular formula is C18H14FN3O4. The largest absolute Gasteiger partial charge is 0.448 e. The van der Waals surface area contributed by atoms with Crippen LogP contribution in [-0.4, -0.2) is 28.2 Å². The lowest BCUT2D eigenvalue weighted by Gasteiger charge is -2.14. The highest BCUT2D eigenvalue weighted by Crippen LogP contribution is 2.16. The Kier molecular flexibility index (Phi) is 4.74. The Morgan fingerprint density at radius 1 is 1.12 bits per heavy atom. The molecule has 3 aromatic rings.